The first-order valence-electron chi connectivity index (χ1n) is 4.24. The number of rotatable bonds is 1. The quantitative estimate of drug-likeness (QED) is 0.437. The fourth-order valence-electron chi connectivity index (χ4n) is 1.53. The molecule has 0 radical (unpaired) electrons. The Hall–Kier alpha value is -1.16. The van der Waals surface area contributed by atoms with Gasteiger partial charge in [-0.2, -0.15) is 0 Å². The van der Waals surface area contributed by atoms with E-state index in [1.807, 2.05) is 0 Å². The Labute approximate surface area is 89.8 Å². The van der Waals surface area contributed by atoms with E-state index in [4.69, 9.17) is 0 Å². The number of carbonyl (C=O) groups is 2. The van der Waals surface area contributed by atoms with Crippen molar-refractivity contribution in [2.75, 3.05) is 0 Å². The van der Waals surface area contributed by atoms with Crippen molar-refractivity contribution in [3.63, 3.8) is 0 Å². The summed E-state index contributed by atoms with van der Waals surface area (Å²) in [5.41, 5.74) is 0.979. The van der Waals surface area contributed by atoms with Gasteiger partial charge in [0.2, 0.25) is 0 Å². The molecule has 1 aliphatic rings. The molecule has 0 aliphatic carbocycles. The van der Waals surface area contributed by atoms with Crippen molar-refractivity contribution in [1.29, 1.82) is 0 Å². The average Bonchev–Trinajstić information content (AvgIpc) is 2.41. The number of halogens is 1. The Morgan fingerprint density at radius 1 is 1.14 bits per heavy atom. The lowest BCUT2D eigenvalue weighted by atomic mass is 10.1. The number of hydrogen-bond donors (Lipinski definition) is 0. The number of nitrogens with zero attached hydrogens (tertiary/aromatic N) is 1. The molecule has 0 N–H and O–H groups in total. The van der Waals surface area contributed by atoms with Gasteiger partial charge in [0.1, 0.15) is 0 Å². The Morgan fingerprint density at radius 2 is 1.57 bits per heavy atom. The van der Waals surface area contributed by atoms with Crippen LogP contribution in [0.1, 0.15) is 27.6 Å². The standard InChI is InChI=1S/C10H8BrNO2/c1-6(11)12-9(13)7-4-2-3-5-8(7)10(12)14/h2-6H,1H3. The topological polar surface area (TPSA) is 37.4 Å². The number of carbonyl (C=O) groups excluding carboxylic acids is 2. The molecule has 0 spiro atoms. The van der Waals surface area contributed by atoms with Crippen molar-refractivity contribution in [3.8, 4) is 0 Å². The van der Waals surface area contributed by atoms with E-state index < -0.39 is 0 Å². The van der Waals surface area contributed by atoms with Crippen molar-refractivity contribution < 1.29 is 9.59 Å². The van der Waals surface area contributed by atoms with Gasteiger partial charge in [-0.15, -0.1) is 0 Å². The van der Waals surface area contributed by atoms with Gasteiger partial charge < -0.3 is 0 Å². The maximum Gasteiger partial charge on any atom is 0.262 e. The van der Waals surface area contributed by atoms with E-state index >= 15 is 0 Å². The van der Waals surface area contributed by atoms with Gasteiger partial charge in [0.05, 0.1) is 16.1 Å². The van der Waals surface area contributed by atoms with E-state index in [9.17, 15) is 9.59 Å². The van der Waals surface area contributed by atoms with Crippen LogP contribution in [0.15, 0.2) is 24.3 Å². The lowest BCUT2D eigenvalue weighted by Gasteiger charge is -2.15. The summed E-state index contributed by atoms with van der Waals surface area (Å²) in [6, 6.07) is 6.86. The third-order valence-electron chi connectivity index (χ3n) is 2.18. The molecule has 0 saturated heterocycles. The molecule has 2 amide bonds. The smallest absolute Gasteiger partial charge is 0.262 e. The summed E-state index contributed by atoms with van der Waals surface area (Å²) in [5, 5.41) is 0. The minimum atomic E-state index is -0.269. The molecule has 0 bridgehead atoms. The SMILES string of the molecule is CC(Br)N1C(=O)c2ccccc2C1=O. The monoisotopic (exact) mass is 253 g/mol. The molecule has 1 atom stereocenters. The minimum absolute atomic E-state index is 0.227. The zero-order chi connectivity index (χ0) is 10.3. The van der Waals surface area contributed by atoms with Gasteiger partial charge in [0.25, 0.3) is 11.8 Å². The first-order valence-corrected chi connectivity index (χ1v) is 5.15. The minimum Gasteiger partial charge on any atom is -0.269 e. The summed E-state index contributed by atoms with van der Waals surface area (Å²) in [6.07, 6.45) is 0. The zero-order valence-corrected chi connectivity index (χ0v) is 9.11. The Kier molecular flexibility index (Phi) is 2.15. The van der Waals surface area contributed by atoms with Crippen LogP contribution in [0.25, 0.3) is 0 Å². The second kappa shape index (κ2) is 3.20. The van der Waals surface area contributed by atoms with E-state index in [0.29, 0.717) is 11.1 Å². The molecule has 14 heavy (non-hydrogen) atoms. The van der Waals surface area contributed by atoms with E-state index in [-0.39, 0.29) is 16.8 Å². The summed E-state index contributed by atoms with van der Waals surface area (Å²) < 4.78 is 0. The van der Waals surface area contributed by atoms with E-state index in [1.54, 1.807) is 31.2 Å². The fraction of sp³-hybridized carbons (Fsp3) is 0.200. The number of benzene rings is 1. The number of amides is 2. The van der Waals surface area contributed by atoms with Crippen LogP contribution in [-0.2, 0) is 0 Å². The number of fused-ring (bicyclic) bond motifs is 1. The number of imide groups is 1. The van der Waals surface area contributed by atoms with E-state index in [2.05, 4.69) is 15.9 Å². The molecule has 1 aromatic rings. The van der Waals surface area contributed by atoms with Crippen molar-refractivity contribution in [2.45, 2.75) is 11.9 Å². The van der Waals surface area contributed by atoms with Gasteiger partial charge in [-0.3, -0.25) is 14.5 Å². The first kappa shape index (κ1) is 9.40. The molecular formula is C10H8BrNO2. The lowest BCUT2D eigenvalue weighted by Crippen LogP contribution is -2.34. The Bertz CT molecular complexity index is 379. The van der Waals surface area contributed by atoms with Gasteiger partial charge >= 0.3 is 0 Å². The summed E-state index contributed by atoms with van der Waals surface area (Å²) in [6.45, 7) is 1.75. The molecule has 2 rings (SSSR count). The number of hydrogen-bond acceptors (Lipinski definition) is 2. The second-order valence-electron chi connectivity index (χ2n) is 3.10. The molecule has 1 aromatic carbocycles. The normalized spacial score (nSPS) is 17.1. The largest absolute Gasteiger partial charge is 0.269 e. The molecule has 0 aromatic heterocycles. The maximum absolute atomic E-state index is 11.7. The molecule has 3 nitrogen and oxygen atoms in total. The van der Waals surface area contributed by atoms with Crippen LogP contribution in [0, 0.1) is 0 Å². The summed E-state index contributed by atoms with van der Waals surface area (Å²) in [5.74, 6) is -0.454. The first-order chi connectivity index (χ1) is 6.63. The molecule has 0 saturated carbocycles. The van der Waals surface area contributed by atoms with Gasteiger partial charge in [-0.25, -0.2) is 0 Å². The van der Waals surface area contributed by atoms with Crippen LogP contribution in [0.4, 0.5) is 0 Å². The number of alkyl halides is 1. The highest BCUT2D eigenvalue weighted by Crippen LogP contribution is 2.25. The average molecular weight is 254 g/mol. The van der Waals surface area contributed by atoms with Crippen LogP contribution < -0.4 is 0 Å². The molecular weight excluding hydrogens is 246 g/mol. The summed E-state index contributed by atoms with van der Waals surface area (Å²) in [4.78, 5) is 24.4. The van der Waals surface area contributed by atoms with Gasteiger partial charge in [-0.05, 0) is 19.1 Å². The third kappa shape index (κ3) is 1.18. The van der Waals surface area contributed by atoms with Crippen molar-refractivity contribution in [3.05, 3.63) is 35.4 Å². The molecule has 1 aliphatic heterocycles. The van der Waals surface area contributed by atoms with Crippen LogP contribution in [0.2, 0.25) is 0 Å². The fourth-order valence-corrected chi connectivity index (χ4v) is 1.90. The highest BCUT2D eigenvalue weighted by Gasteiger charge is 2.37. The molecule has 72 valence electrons. The highest BCUT2D eigenvalue weighted by atomic mass is 79.9. The third-order valence-corrected chi connectivity index (χ3v) is 2.59. The summed E-state index contributed by atoms with van der Waals surface area (Å²) >= 11 is 3.23. The highest BCUT2D eigenvalue weighted by molar-refractivity contribution is 9.09. The molecule has 1 heterocycles. The predicted molar refractivity (Wildman–Crippen MR) is 55.3 cm³/mol. The van der Waals surface area contributed by atoms with Crippen molar-refractivity contribution in [1.82, 2.24) is 4.90 Å². The lowest BCUT2D eigenvalue weighted by molar-refractivity contribution is 0.0649. The van der Waals surface area contributed by atoms with Crippen LogP contribution in [-0.4, -0.2) is 21.7 Å². The summed E-state index contributed by atoms with van der Waals surface area (Å²) in [7, 11) is 0. The van der Waals surface area contributed by atoms with E-state index in [0.717, 1.165) is 0 Å². The molecule has 1 unspecified atom stereocenters. The Morgan fingerprint density at radius 3 is 1.93 bits per heavy atom. The Balaban J connectivity index is 2.54. The van der Waals surface area contributed by atoms with Gasteiger partial charge in [0, 0.05) is 0 Å². The van der Waals surface area contributed by atoms with Crippen LogP contribution in [0.5, 0.6) is 0 Å². The second-order valence-corrected chi connectivity index (χ2v) is 4.43. The van der Waals surface area contributed by atoms with Gasteiger partial charge in [-0.1, -0.05) is 28.1 Å². The predicted octanol–water partition coefficient (Wildman–Crippen LogP) is 2.02. The van der Waals surface area contributed by atoms with Gasteiger partial charge in [0.15, 0.2) is 0 Å². The van der Waals surface area contributed by atoms with Crippen LogP contribution in [0.3, 0.4) is 0 Å². The maximum atomic E-state index is 11.7. The van der Waals surface area contributed by atoms with Crippen LogP contribution >= 0.6 is 15.9 Å². The van der Waals surface area contributed by atoms with Crippen molar-refractivity contribution >= 4 is 27.7 Å². The zero-order valence-electron chi connectivity index (χ0n) is 7.53. The van der Waals surface area contributed by atoms with E-state index in [1.165, 1.54) is 4.90 Å². The molecule has 4 heteroatoms. The molecule has 0 fully saturated rings. The van der Waals surface area contributed by atoms with Crippen molar-refractivity contribution in [2.24, 2.45) is 0 Å².